The van der Waals surface area contributed by atoms with Crippen LogP contribution in [-0.4, -0.2) is 36.0 Å². The van der Waals surface area contributed by atoms with E-state index in [1.165, 1.54) is 0 Å². The van der Waals surface area contributed by atoms with Gasteiger partial charge in [0.15, 0.2) is 5.96 Å². The molecule has 1 heterocycles. The summed E-state index contributed by atoms with van der Waals surface area (Å²) in [5, 5.41) is 9.77. The second-order valence-corrected chi connectivity index (χ2v) is 6.36. The Labute approximate surface area is 147 Å². The van der Waals surface area contributed by atoms with E-state index in [2.05, 4.69) is 53.0 Å². The van der Waals surface area contributed by atoms with Crippen LogP contribution in [0.2, 0.25) is 0 Å². The molecule has 4 nitrogen and oxygen atoms in total. The highest BCUT2D eigenvalue weighted by atomic mass is 127. The van der Waals surface area contributed by atoms with Crippen LogP contribution in [0.15, 0.2) is 10.4 Å². The maximum atomic E-state index is 4.59. The maximum absolute atomic E-state index is 4.59. The third-order valence-corrected chi connectivity index (χ3v) is 3.94. The SMILES string of the molecule is CCNC(=NCc1nc(C(C)C)cs1)NCCSC.I. The number of halogens is 1. The molecule has 1 rings (SSSR count). The molecular weight excluding hydrogens is 403 g/mol. The van der Waals surface area contributed by atoms with Crippen molar-refractivity contribution < 1.29 is 0 Å². The standard InChI is InChI=1S/C13H24N4S2.HI/c1-5-14-13(15-6-7-18-4)16-8-12-17-11(9-19-12)10(2)3;/h9-10H,5-8H2,1-4H3,(H2,14,15,16);1H. The van der Waals surface area contributed by atoms with Crippen molar-refractivity contribution in [2.24, 2.45) is 4.99 Å². The summed E-state index contributed by atoms with van der Waals surface area (Å²) < 4.78 is 0. The Morgan fingerprint density at radius 1 is 1.45 bits per heavy atom. The number of guanidine groups is 1. The lowest BCUT2D eigenvalue weighted by atomic mass is 10.2. The fraction of sp³-hybridized carbons (Fsp3) is 0.692. The van der Waals surface area contributed by atoms with Crippen LogP contribution in [0.4, 0.5) is 0 Å². The van der Waals surface area contributed by atoms with Crippen LogP contribution in [0.3, 0.4) is 0 Å². The molecular formula is C13H25IN4S2. The Hall–Kier alpha value is -0.0200. The summed E-state index contributed by atoms with van der Waals surface area (Å²) >= 11 is 3.52. The predicted molar refractivity (Wildman–Crippen MR) is 103 cm³/mol. The highest BCUT2D eigenvalue weighted by Crippen LogP contribution is 2.18. The summed E-state index contributed by atoms with van der Waals surface area (Å²) in [6.45, 7) is 8.85. The van der Waals surface area contributed by atoms with Gasteiger partial charge in [-0.3, -0.25) is 0 Å². The minimum absolute atomic E-state index is 0. The molecule has 0 aliphatic rings. The fourth-order valence-electron chi connectivity index (χ4n) is 1.42. The molecule has 0 aromatic carbocycles. The smallest absolute Gasteiger partial charge is 0.191 e. The zero-order valence-corrected chi connectivity index (χ0v) is 16.6. The van der Waals surface area contributed by atoms with Crippen LogP contribution in [0.25, 0.3) is 0 Å². The van der Waals surface area contributed by atoms with Crippen molar-refractivity contribution in [3.8, 4) is 0 Å². The fourth-order valence-corrected chi connectivity index (χ4v) is 2.61. The van der Waals surface area contributed by atoms with Gasteiger partial charge in [0.25, 0.3) is 0 Å². The number of thioether (sulfide) groups is 1. The van der Waals surface area contributed by atoms with Gasteiger partial charge in [-0.05, 0) is 19.1 Å². The Bertz CT molecular complexity index is 393. The molecule has 116 valence electrons. The first-order valence-electron chi connectivity index (χ1n) is 6.62. The molecule has 0 bridgehead atoms. The second-order valence-electron chi connectivity index (χ2n) is 4.44. The topological polar surface area (TPSA) is 49.3 Å². The Kier molecular flexibility index (Phi) is 11.6. The Morgan fingerprint density at radius 3 is 2.75 bits per heavy atom. The molecule has 0 aliphatic carbocycles. The van der Waals surface area contributed by atoms with E-state index in [1.54, 1.807) is 11.3 Å². The number of nitrogens with one attached hydrogen (secondary N) is 2. The van der Waals surface area contributed by atoms with Crippen molar-refractivity contribution in [1.29, 1.82) is 0 Å². The van der Waals surface area contributed by atoms with E-state index in [1.807, 2.05) is 11.8 Å². The van der Waals surface area contributed by atoms with Gasteiger partial charge in [0.05, 0.1) is 12.2 Å². The van der Waals surface area contributed by atoms with Crippen LogP contribution in [-0.2, 0) is 6.54 Å². The molecule has 0 saturated carbocycles. The van der Waals surface area contributed by atoms with Gasteiger partial charge in [-0.15, -0.1) is 35.3 Å². The maximum Gasteiger partial charge on any atom is 0.191 e. The number of aromatic nitrogens is 1. The number of thiazole rings is 1. The van der Waals surface area contributed by atoms with Gasteiger partial charge in [-0.1, -0.05) is 13.8 Å². The summed E-state index contributed by atoms with van der Waals surface area (Å²) in [5.74, 6) is 2.44. The highest BCUT2D eigenvalue weighted by molar-refractivity contribution is 14.0. The van der Waals surface area contributed by atoms with Crippen molar-refractivity contribution >= 4 is 53.0 Å². The van der Waals surface area contributed by atoms with Gasteiger partial charge >= 0.3 is 0 Å². The van der Waals surface area contributed by atoms with Crippen LogP contribution in [0.1, 0.15) is 37.4 Å². The van der Waals surface area contributed by atoms with E-state index in [0.29, 0.717) is 12.5 Å². The van der Waals surface area contributed by atoms with Crippen LogP contribution in [0.5, 0.6) is 0 Å². The molecule has 0 radical (unpaired) electrons. The molecule has 7 heteroatoms. The number of hydrogen-bond acceptors (Lipinski definition) is 4. The lowest BCUT2D eigenvalue weighted by molar-refractivity contribution is 0.813. The van der Waals surface area contributed by atoms with Gasteiger partial charge < -0.3 is 10.6 Å². The molecule has 20 heavy (non-hydrogen) atoms. The van der Waals surface area contributed by atoms with Gasteiger partial charge in [-0.25, -0.2) is 9.98 Å². The lowest BCUT2D eigenvalue weighted by Gasteiger charge is -2.09. The normalized spacial score (nSPS) is 11.3. The monoisotopic (exact) mass is 428 g/mol. The summed E-state index contributed by atoms with van der Waals surface area (Å²) in [4.78, 5) is 9.15. The van der Waals surface area contributed by atoms with Gasteiger partial charge in [0.1, 0.15) is 5.01 Å². The van der Waals surface area contributed by atoms with Crippen LogP contribution in [0, 0.1) is 0 Å². The van der Waals surface area contributed by atoms with E-state index in [4.69, 9.17) is 0 Å². The summed E-state index contributed by atoms with van der Waals surface area (Å²) in [6.07, 6.45) is 2.11. The molecule has 2 N–H and O–H groups in total. The van der Waals surface area contributed by atoms with Crippen molar-refractivity contribution in [3.05, 3.63) is 16.1 Å². The van der Waals surface area contributed by atoms with E-state index in [9.17, 15) is 0 Å². The third-order valence-electron chi connectivity index (χ3n) is 2.48. The number of rotatable bonds is 7. The summed E-state index contributed by atoms with van der Waals surface area (Å²) in [6, 6.07) is 0. The average Bonchev–Trinajstić information content (AvgIpc) is 2.85. The first kappa shape index (κ1) is 20.0. The molecule has 0 saturated heterocycles. The molecule has 0 spiro atoms. The Balaban J connectivity index is 0.00000361. The third kappa shape index (κ3) is 7.68. The van der Waals surface area contributed by atoms with Crippen LogP contribution >= 0.6 is 47.1 Å². The molecule has 1 aromatic heterocycles. The molecule has 0 fully saturated rings. The average molecular weight is 428 g/mol. The first-order valence-corrected chi connectivity index (χ1v) is 8.90. The van der Waals surface area contributed by atoms with Crippen molar-refractivity contribution in [2.75, 3.05) is 25.1 Å². The first-order chi connectivity index (χ1) is 9.17. The molecule has 0 unspecified atom stereocenters. The van der Waals surface area contributed by atoms with Gasteiger partial charge in [-0.2, -0.15) is 11.8 Å². The zero-order valence-electron chi connectivity index (χ0n) is 12.6. The van der Waals surface area contributed by atoms with E-state index < -0.39 is 0 Å². The number of aliphatic imine (C=N–C) groups is 1. The Morgan fingerprint density at radius 2 is 2.20 bits per heavy atom. The minimum atomic E-state index is 0. The highest BCUT2D eigenvalue weighted by Gasteiger charge is 2.05. The van der Waals surface area contributed by atoms with Gasteiger partial charge in [0.2, 0.25) is 0 Å². The van der Waals surface area contributed by atoms with Crippen molar-refractivity contribution in [1.82, 2.24) is 15.6 Å². The second kappa shape index (κ2) is 11.6. The zero-order chi connectivity index (χ0) is 14.1. The predicted octanol–water partition coefficient (Wildman–Crippen LogP) is 3.30. The van der Waals surface area contributed by atoms with Crippen molar-refractivity contribution in [3.63, 3.8) is 0 Å². The molecule has 0 aliphatic heterocycles. The number of hydrogen-bond donors (Lipinski definition) is 2. The quantitative estimate of drug-likeness (QED) is 0.303. The van der Waals surface area contributed by atoms with Crippen molar-refractivity contribution in [2.45, 2.75) is 33.2 Å². The number of nitrogens with zero attached hydrogens (tertiary/aromatic N) is 2. The summed E-state index contributed by atoms with van der Waals surface area (Å²) in [5.41, 5.74) is 1.16. The molecule has 0 amide bonds. The van der Waals surface area contributed by atoms with Crippen LogP contribution < -0.4 is 10.6 Å². The summed E-state index contributed by atoms with van der Waals surface area (Å²) in [7, 11) is 0. The van der Waals surface area contributed by atoms with Gasteiger partial charge in [0, 0.05) is 24.2 Å². The van der Waals surface area contributed by atoms with E-state index >= 15 is 0 Å². The minimum Gasteiger partial charge on any atom is -0.357 e. The molecule has 1 aromatic rings. The molecule has 0 atom stereocenters. The van der Waals surface area contributed by atoms with E-state index in [0.717, 1.165) is 35.5 Å². The largest absolute Gasteiger partial charge is 0.357 e. The lowest BCUT2D eigenvalue weighted by Crippen LogP contribution is -2.38. The van der Waals surface area contributed by atoms with E-state index in [-0.39, 0.29) is 24.0 Å².